The van der Waals surface area contributed by atoms with E-state index in [4.69, 9.17) is 0 Å². The second-order valence-corrected chi connectivity index (χ2v) is 4.46. The van der Waals surface area contributed by atoms with Gasteiger partial charge in [0.25, 0.3) is 0 Å². The summed E-state index contributed by atoms with van der Waals surface area (Å²) in [5.74, 6) is -1.47. The first-order chi connectivity index (χ1) is 7.77. The van der Waals surface area contributed by atoms with E-state index in [0.29, 0.717) is 11.7 Å². The monoisotopic (exact) mass is 224 g/mol. The summed E-state index contributed by atoms with van der Waals surface area (Å²) in [6.45, 7) is 1.67. The summed E-state index contributed by atoms with van der Waals surface area (Å²) in [4.78, 5) is 2.02. The number of hydrogen-bond acceptors (Lipinski definition) is 2. The summed E-state index contributed by atoms with van der Waals surface area (Å²) in [6.07, 6.45) is 3.15. The Bertz CT molecular complexity index is 420. The van der Waals surface area contributed by atoms with Crippen LogP contribution in [0.4, 0.5) is 20.2 Å². The van der Waals surface area contributed by atoms with E-state index in [1.807, 2.05) is 4.90 Å². The third-order valence-corrected chi connectivity index (χ3v) is 3.53. The maximum Gasteiger partial charge on any atom is 0.184 e. The molecule has 1 N–H and O–H groups in total. The molecule has 2 nitrogen and oxygen atoms in total. The van der Waals surface area contributed by atoms with Crippen LogP contribution in [0.2, 0.25) is 0 Å². The Hall–Kier alpha value is -1.32. The van der Waals surface area contributed by atoms with E-state index in [2.05, 4.69) is 5.32 Å². The summed E-state index contributed by atoms with van der Waals surface area (Å²) in [5.41, 5.74) is 1.16. The summed E-state index contributed by atoms with van der Waals surface area (Å²) in [7, 11) is 0. The quantitative estimate of drug-likeness (QED) is 0.729. The molecule has 4 heteroatoms. The molecule has 0 spiro atoms. The highest BCUT2D eigenvalue weighted by Crippen LogP contribution is 2.38. The molecule has 0 radical (unpaired) electrons. The minimum absolute atomic E-state index is 0.366. The Labute approximate surface area is 93.3 Å². The lowest BCUT2D eigenvalue weighted by atomic mass is 10.1. The number of nitrogens with zero attached hydrogens (tertiary/aromatic N) is 1. The summed E-state index contributed by atoms with van der Waals surface area (Å²) >= 11 is 0. The molecule has 0 amide bonds. The molecule has 0 bridgehead atoms. The van der Waals surface area contributed by atoms with E-state index in [9.17, 15) is 8.78 Å². The minimum atomic E-state index is -0.756. The lowest BCUT2D eigenvalue weighted by Gasteiger charge is -2.25. The van der Waals surface area contributed by atoms with Crippen LogP contribution in [0.25, 0.3) is 0 Å². The Kier molecular flexibility index (Phi) is 2.23. The van der Waals surface area contributed by atoms with Crippen LogP contribution in [0.15, 0.2) is 12.1 Å². The van der Waals surface area contributed by atoms with E-state index in [0.717, 1.165) is 38.0 Å². The average Bonchev–Trinajstić information content (AvgIpc) is 2.65. The van der Waals surface area contributed by atoms with E-state index < -0.39 is 11.6 Å². The van der Waals surface area contributed by atoms with Crippen molar-refractivity contribution in [3.63, 3.8) is 0 Å². The second-order valence-electron chi connectivity index (χ2n) is 4.46. The predicted molar refractivity (Wildman–Crippen MR) is 59.8 cm³/mol. The zero-order valence-corrected chi connectivity index (χ0v) is 8.97. The van der Waals surface area contributed by atoms with Gasteiger partial charge in [0.05, 0.1) is 11.4 Å². The lowest BCUT2D eigenvalue weighted by Crippen LogP contribution is -2.29. The normalized spacial score (nSPS) is 23.4. The van der Waals surface area contributed by atoms with Gasteiger partial charge in [-0.05, 0) is 31.4 Å². The number of fused-ring (bicyclic) bond motifs is 3. The van der Waals surface area contributed by atoms with Crippen molar-refractivity contribution in [2.24, 2.45) is 0 Å². The molecule has 3 rings (SSSR count). The van der Waals surface area contributed by atoms with Crippen LogP contribution in [-0.4, -0.2) is 19.1 Å². The smallest absolute Gasteiger partial charge is 0.184 e. The van der Waals surface area contributed by atoms with E-state index in [1.54, 1.807) is 6.07 Å². The highest BCUT2D eigenvalue weighted by atomic mass is 19.2. The maximum absolute atomic E-state index is 13.8. The third-order valence-electron chi connectivity index (χ3n) is 3.53. The molecule has 2 heterocycles. The first kappa shape index (κ1) is 9.87. The van der Waals surface area contributed by atoms with Crippen molar-refractivity contribution in [3.8, 4) is 0 Å². The molecule has 1 fully saturated rings. The maximum atomic E-state index is 13.8. The topological polar surface area (TPSA) is 15.3 Å². The van der Waals surface area contributed by atoms with Gasteiger partial charge in [-0.3, -0.25) is 0 Å². The summed E-state index contributed by atoms with van der Waals surface area (Å²) < 4.78 is 27.1. The number of anilines is 2. The van der Waals surface area contributed by atoms with Crippen LogP contribution in [0.3, 0.4) is 0 Å². The van der Waals surface area contributed by atoms with E-state index >= 15 is 0 Å². The molecule has 0 aromatic heterocycles. The van der Waals surface area contributed by atoms with Gasteiger partial charge >= 0.3 is 0 Å². The number of rotatable bonds is 0. The van der Waals surface area contributed by atoms with Crippen LogP contribution < -0.4 is 10.2 Å². The van der Waals surface area contributed by atoms with Crippen molar-refractivity contribution in [1.82, 2.24) is 0 Å². The SMILES string of the molecule is Fc1ccc2c(c1F)N1CCCC1CCN2. The Morgan fingerprint density at radius 1 is 1.25 bits per heavy atom. The van der Waals surface area contributed by atoms with Crippen molar-refractivity contribution < 1.29 is 8.78 Å². The fourth-order valence-electron chi connectivity index (χ4n) is 2.77. The predicted octanol–water partition coefficient (Wildman–Crippen LogP) is 2.75. The fourth-order valence-corrected chi connectivity index (χ4v) is 2.77. The summed E-state index contributed by atoms with van der Waals surface area (Å²) in [6, 6.07) is 3.19. The molecule has 2 aliphatic heterocycles. The first-order valence-corrected chi connectivity index (χ1v) is 5.76. The van der Waals surface area contributed by atoms with Crippen molar-refractivity contribution in [2.45, 2.75) is 25.3 Å². The van der Waals surface area contributed by atoms with E-state index in [1.165, 1.54) is 6.07 Å². The Morgan fingerprint density at radius 2 is 2.12 bits per heavy atom. The zero-order valence-electron chi connectivity index (χ0n) is 8.97. The zero-order chi connectivity index (χ0) is 11.1. The Morgan fingerprint density at radius 3 is 3.00 bits per heavy atom. The van der Waals surface area contributed by atoms with Crippen molar-refractivity contribution >= 4 is 11.4 Å². The van der Waals surface area contributed by atoms with Gasteiger partial charge in [0.1, 0.15) is 0 Å². The number of halogens is 2. The minimum Gasteiger partial charge on any atom is -0.383 e. The standard InChI is InChI=1S/C12H14F2N2/c13-9-3-4-10-12(11(9)14)16-7-1-2-8(16)5-6-15-10/h3-4,8,15H,1-2,5-7H2. The van der Waals surface area contributed by atoms with Gasteiger partial charge < -0.3 is 10.2 Å². The molecule has 86 valence electrons. The van der Waals surface area contributed by atoms with Crippen LogP contribution in [0, 0.1) is 11.6 Å². The van der Waals surface area contributed by atoms with Crippen LogP contribution in [0.1, 0.15) is 19.3 Å². The molecule has 1 aromatic carbocycles. The number of nitrogens with one attached hydrogen (secondary N) is 1. The second kappa shape index (κ2) is 3.61. The Balaban J connectivity index is 2.14. The largest absolute Gasteiger partial charge is 0.383 e. The third kappa shape index (κ3) is 1.36. The molecule has 0 aliphatic carbocycles. The number of benzene rings is 1. The molecular formula is C12H14F2N2. The van der Waals surface area contributed by atoms with Crippen molar-refractivity contribution in [2.75, 3.05) is 23.3 Å². The molecule has 1 unspecified atom stereocenters. The molecule has 1 atom stereocenters. The first-order valence-electron chi connectivity index (χ1n) is 5.76. The van der Waals surface area contributed by atoms with Crippen molar-refractivity contribution in [3.05, 3.63) is 23.8 Å². The van der Waals surface area contributed by atoms with Crippen LogP contribution in [-0.2, 0) is 0 Å². The van der Waals surface area contributed by atoms with Gasteiger partial charge in [-0.2, -0.15) is 0 Å². The molecule has 1 saturated heterocycles. The number of hydrogen-bond donors (Lipinski definition) is 1. The fraction of sp³-hybridized carbons (Fsp3) is 0.500. The van der Waals surface area contributed by atoms with Gasteiger partial charge in [-0.15, -0.1) is 0 Å². The molecule has 2 aliphatic rings. The van der Waals surface area contributed by atoms with E-state index in [-0.39, 0.29) is 0 Å². The molecule has 1 aromatic rings. The van der Waals surface area contributed by atoms with Gasteiger partial charge in [-0.1, -0.05) is 0 Å². The van der Waals surface area contributed by atoms with Gasteiger partial charge in [0.2, 0.25) is 0 Å². The highest BCUT2D eigenvalue weighted by Gasteiger charge is 2.31. The van der Waals surface area contributed by atoms with Gasteiger partial charge in [0, 0.05) is 19.1 Å². The molecule has 16 heavy (non-hydrogen) atoms. The van der Waals surface area contributed by atoms with Crippen LogP contribution in [0.5, 0.6) is 0 Å². The average molecular weight is 224 g/mol. The summed E-state index contributed by atoms with van der Waals surface area (Å²) in [5, 5.41) is 3.17. The van der Waals surface area contributed by atoms with Gasteiger partial charge in [-0.25, -0.2) is 8.78 Å². The van der Waals surface area contributed by atoms with Crippen molar-refractivity contribution in [1.29, 1.82) is 0 Å². The van der Waals surface area contributed by atoms with Crippen LogP contribution >= 0.6 is 0 Å². The molecule has 0 saturated carbocycles. The lowest BCUT2D eigenvalue weighted by molar-refractivity contribution is 0.505. The van der Waals surface area contributed by atoms with Gasteiger partial charge in [0.15, 0.2) is 11.6 Å². The highest BCUT2D eigenvalue weighted by molar-refractivity contribution is 5.72. The molecular weight excluding hydrogens is 210 g/mol.